The lowest BCUT2D eigenvalue weighted by Crippen LogP contribution is -2.08. The van der Waals surface area contributed by atoms with Gasteiger partial charge in [0.05, 0.1) is 11.8 Å². The summed E-state index contributed by atoms with van der Waals surface area (Å²) in [7, 11) is 0. The fraction of sp³-hybridized carbons (Fsp3) is 0.444. The largest absolute Gasteiger partial charge is 0.364 e. The monoisotopic (exact) mass is 207 g/mol. The molecule has 0 aromatic carbocycles. The summed E-state index contributed by atoms with van der Waals surface area (Å²) in [6.45, 7) is 3.39. The topological polar surface area (TPSA) is 82.8 Å². The van der Waals surface area contributed by atoms with E-state index < -0.39 is 0 Å². The minimum absolute atomic E-state index is 0.653. The van der Waals surface area contributed by atoms with Crippen molar-refractivity contribution in [2.75, 3.05) is 6.54 Å². The molecule has 0 fully saturated rings. The quantitative estimate of drug-likeness (QED) is 0.793. The lowest BCUT2D eigenvalue weighted by molar-refractivity contribution is 0.420. The van der Waals surface area contributed by atoms with Crippen LogP contribution in [-0.2, 0) is 6.54 Å². The maximum Gasteiger partial charge on any atom is 0.168 e. The van der Waals surface area contributed by atoms with Crippen molar-refractivity contribution in [3.63, 3.8) is 0 Å². The minimum Gasteiger partial charge on any atom is -0.364 e. The molecule has 0 bridgehead atoms. The summed E-state index contributed by atoms with van der Waals surface area (Å²) in [5, 5.41) is 11.8. The molecule has 6 nitrogen and oxygen atoms in total. The number of nitrogens with zero attached hydrogens (tertiary/aromatic N) is 4. The first-order valence-electron chi connectivity index (χ1n) is 4.82. The van der Waals surface area contributed by atoms with Crippen molar-refractivity contribution >= 4 is 0 Å². The lowest BCUT2D eigenvalue weighted by atomic mass is 10.3. The molecule has 0 saturated heterocycles. The first-order valence-corrected chi connectivity index (χ1v) is 4.82. The van der Waals surface area contributed by atoms with Crippen molar-refractivity contribution in [2.24, 2.45) is 5.73 Å². The van der Waals surface area contributed by atoms with Crippen molar-refractivity contribution in [2.45, 2.75) is 19.9 Å². The summed E-state index contributed by atoms with van der Waals surface area (Å²) in [6, 6.07) is 0. The zero-order valence-corrected chi connectivity index (χ0v) is 8.55. The average molecular weight is 207 g/mol. The molecule has 0 unspecified atom stereocenters. The summed E-state index contributed by atoms with van der Waals surface area (Å²) < 4.78 is 6.80. The minimum atomic E-state index is 0.653. The third-order valence-electron chi connectivity index (χ3n) is 2.21. The van der Waals surface area contributed by atoms with Gasteiger partial charge < -0.3 is 14.8 Å². The fourth-order valence-corrected chi connectivity index (χ4v) is 1.43. The van der Waals surface area contributed by atoms with Crippen molar-refractivity contribution in [1.82, 2.24) is 19.9 Å². The van der Waals surface area contributed by atoms with E-state index in [0.29, 0.717) is 6.54 Å². The summed E-state index contributed by atoms with van der Waals surface area (Å²) in [5.41, 5.74) is 6.32. The van der Waals surface area contributed by atoms with Crippen molar-refractivity contribution in [1.29, 1.82) is 0 Å². The smallest absolute Gasteiger partial charge is 0.168 e. The number of aromatic nitrogens is 4. The Labute approximate surface area is 87.1 Å². The van der Waals surface area contributed by atoms with Gasteiger partial charge in [-0.2, -0.15) is 0 Å². The molecule has 2 aromatic heterocycles. The number of hydrogen-bond acceptors (Lipinski definition) is 5. The third kappa shape index (κ3) is 1.89. The third-order valence-corrected chi connectivity index (χ3v) is 2.21. The molecular weight excluding hydrogens is 194 g/mol. The molecule has 6 heteroatoms. The van der Waals surface area contributed by atoms with E-state index in [1.165, 1.54) is 0 Å². The molecule has 2 N–H and O–H groups in total. The van der Waals surface area contributed by atoms with Crippen LogP contribution in [0.5, 0.6) is 0 Å². The highest BCUT2D eigenvalue weighted by atomic mass is 16.5. The van der Waals surface area contributed by atoms with Crippen LogP contribution in [-0.4, -0.2) is 26.5 Å². The molecule has 80 valence electrons. The van der Waals surface area contributed by atoms with Crippen molar-refractivity contribution < 1.29 is 4.52 Å². The van der Waals surface area contributed by atoms with E-state index in [1.807, 2.05) is 11.5 Å². The van der Waals surface area contributed by atoms with Crippen LogP contribution in [0.3, 0.4) is 0 Å². The van der Waals surface area contributed by atoms with Gasteiger partial charge in [-0.05, 0) is 19.9 Å². The van der Waals surface area contributed by atoms with Gasteiger partial charge in [-0.25, -0.2) is 0 Å². The molecule has 0 saturated carbocycles. The van der Waals surface area contributed by atoms with Crippen LogP contribution in [0.15, 0.2) is 17.0 Å². The molecule has 0 aliphatic rings. The second-order valence-electron chi connectivity index (χ2n) is 3.28. The zero-order chi connectivity index (χ0) is 10.7. The van der Waals surface area contributed by atoms with Gasteiger partial charge in [0.25, 0.3) is 0 Å². The molecule has 0 radical (unpaired) electrons. The highest BCUT2D eigenvalue weighted by molar-refractivity contribution is 5.51. The number of nitrogens with two attached hydrogens (primary N) is 1. The highest BCUT2D eigenvalue weighted by Gasteiger charge is 2.11. The fourth-order valence-electron chi connectivity index (χ4n) is 1.43. The maximum atomic E-state index is 5.48. The lowest BCUT2D eigenvalue weighted by Gasteiger charge is -2.05. The van der Waals surface area contributed by atoms with E-state index in [0.717, 1.165) is 30.2 Å². The Bertz CT molecular complexity index is 420. The molecular formula is C9H13N5O. The Hall–Kier alpha value is -1.69. The molecule has 15 heavy (non-hydrogen) atoms. The molecule has 2 rings (SSSR count). The first kappa shape index (κ1) is 9.85. The van der Waals surface area contributed by atoms with Gasteiger partial charge in [-0.3, -0.25) is 0 Å². The summed E-state index contributed by atoms with van der Waals surface area (Å²) >= 11 is 0. The second kappa shape index (κ2) is 4.22. The van der Waals surface area contributed by atoms with Crippen molar-refractivity contribution in [3.05, 3.63) is 18.3 Å². The van der Waals surface area contributed by atoms with Crippen LogP contribution < -0.4 is 5.73 Å². The van der Waals surface area contributed by atoms with Gasteiger partial charge in [0.2, 0.25) is 0 Å². The number of rotatable bonds is 4. The van der Waals surface area contributed by atoms with E-state index in [-0.39, 0.29) is 0 Å². The Morgan fingerprint density at radius 1 is 1.47 bits per heavy atom. The molecule has 0 atom stereocenters. The van der Waals surface area contributed by atoms with E-state index in [1.54, 1.807) is 12.5 Å². The van der Waals surface area contributed by atoms with Gasteiger partial charge in [0.1, 0.15) is 12.1 Å². The Morgan fingerprint density at radius 3 is 3.00 bits per heavy atom. The summed E-state index contributed by atoms with van der Waals surface area (Å²) in [4.78, 5) is 0. The number of aryl methyl sites for hydroxylation is 1. The van der Waals surface area contributed by atoms with Crippen LogP contribution in [0, 0.1) is 6.92 Å². The molecule has 0 aliphatic carbocycles. The van der Waals surface area contributed by atoms with E-state index in [4.69, 9.17) is 10.3 Å². The van der Waals surface area contributed by atoms with E-state index >= 15 is 0 Å². The van der Waals surface area contributed by atoms with E-state index in [2.05, 4.69) is 15.4 Å². The predicted octanol–water partition coefficient (Wildman–Crippen LogP) is 0.590. The van der Waals surface area contributed by atoms with Crippen LogP contribution in [0.25, 0.3) is 11.4 Å². The SMILES string of the molecule is Cc1nnc(-c2cnoc2)n1CCCN. The van der Waals surface area contributed by atoms with Gasteiger partial charge in [0.15, 0.2) is 5.82 Å². The van der Waals surface area contributed by atoms with Crippen LogP contribution in [0.2, 0.25) is 0 Å². The Kier molecular flexibility index (Phi) is 2.77. The zero-order valence-electron chi connectivity index (χ0n) is 8.55. The van der Waals surface area contributed by atoms with Crippen LogP contribution in [0.4, 0.5) is 0 Å². The van der Waals surface area contributed by atoms with Crippen LogP contribution >= 0.6 is 0 Å². The van der Waals surface area contributed by atoms with Gasteiger partial charge in [-0.1, -0.05) is 5.16 Å². The molecule has 0 aliphatic heterocycles. The molecule has 2 aromatic rings. The van der Waals surface area contributed by atoms with Crippen molar-refractivity contribution in [3.8, 4) is 11.4 Å². The van der Waals surface area contributed by atoms with Gasteiger partial charge in [0, 0.05) is 6.54 Å². The van der Waals surface area contributed by atoms with E-state index in [9.17, 15) is 0 Å². The molecule has 2 heterocycles. The first-order chi connectivity index (χ1) is 7.33. The highest BCUT2D eigenvalue weighted by Crippen LogP contribution is 2.17. The van der Waals surface area contributed by atoms with Gasteiger partial charge in [-0.15, -0.1) is 10.2 Å². The van der Waals surface area contributed by atoms with Gasteiger partial charge >= 0.3 is 0 Å². The summed E-state index contributed by atoms with van der Waals surface area (Å²) in [5.74, 6) is 1.65. The molecule has 0 spiro atoms. The predicted molar refractivity (Wildman–Crippen MR) is 53.9 cm³/mol. The Balaban J connectivity index is 2.31. The molecule has 0 amide bonds. The summed E-state index contributed by atoms with van der Waals surface area (Å²) in [6.07, 6.45) is 4.09. The number of hydrogen-bond donors (Lipinski definition) is 1. The average Bonchev–Trinajstić information content (AvgIpc) is 2.84. The maximum absolute atomic E-state index is 5.48. The normalized spacial score (nSPS) is 10.8. The standard InChI is InChI=1S/C9H13N5O/c1-7-12-13-9(8-5-11-15-6-8)14(7)4-2-3-10/h5-6H,2-4,10H2,1H3. The second-order valence-corrected chi connectivity index (χ2v) is 3.28. The van der Waals surface area contributed by atoms with Crippen LogP contribution in [0.1, 0.15) is 12.2 Å². The Morgan fingerprint density at radius 2 is 2.33 bits per heavy atom.